The van der Waals surface area contributed by atoms with Gasteiger partial charge in [-0.05, 0) is 30.3 Å². The predicted octanol–water partition coefficient (Wildman–Crippen LogP) is 3.30. The van der Waals surface area contributed by atoms with Crippen LogP contribution in [0, 0.1) is 0 Å². The maximum Gasteiger partial charge on any atom is 0.251 e. The Morgan fingerprint density at radius 1 is 1.12 bits per heavy atom. The minimum absolute atomic E-state index is 0. The lowest BCUT2D eigenvalue weighted by molar-refractivity contribution is 0.0954. The quantitative estimate of drug-likeness (QED) is 0.248. The molecule has 3 N–H and O–H groups in total. The summed E-state index contributed by atoms with van der Waals surface area (Å²) < 4.78 is 5.23. The maximum atomic E-state index is 12.0. The summed E-state index contributed by atoms with van der Waals surface area (Å²) in [5.74, 6) is 1.22. The zero-order valence-corrected chi connectivity index (χ0v) is 17.4. The van der Waals surface area contributed by atoms with Crippen LogP contribution in [0.5, 0.6) is 0 Å². The fourth-order valence-electron chi connectivity index (χ4n) is 1.90. The van der Waals surface area contributed by atoms with Crippen LogP contribution in [0.1, 0.15) is 16.1 Å². The summed E-state index contributed by atoms with van der Waals surface area (Å²) in [6.45, 7) is 1.48. The van der Waals surface area contributed by atoms with Crippen LogP contribution in [-0.2, 0) is 6.54 Å². The number of carbonyl (C=O) groups is 1. The molecule has 25 heavy (non-hydrogen) atoms. The number of benzene rings is 1. The molecule has 9 heteroatoms. The van der Waals surface area contributed by atoms with Gasteiger partial charge in [0.05, 0.1) is 22.9 Å². The molecule has 0 radical (unpaired) electrons. The van der Waals surface area contributed by atoms with Gasteiger partial charge in [-0.15, -0.1) is 24.0 Å². The summed E-state index contributed by atoms with van der Waals surface area (Å²) in [7, 11) is 1.67. The molecule has 2 aromatic rings. The van der Waals surface area contributed by atoms with Crippen molar-refractivity contribution in [1.82, 2.24) is 16.0 Å². The molecular weight excluding hydrogens is 478 g/mol. The molecule has 0 fully saturated rings. The van der Waals surface area contributed by atoms with Crippen molar-refractivity contribution in [2.75, 3.05) is 20.1 Å². The van der Waals surface area contributed by atoms with E-state index in [1.807, 2.05) is 12.1 Å². The largest absolute Gasteiger partial charge is 0.467 e. The molecule has 0 spiro atoms. The molecule has 1 amide bonds. The van der Waals surface area contributed by atoms with Gasteiger partial charge in [0.25, 0.3) is 5.91 Å². The summed E-state index contributed by atoms with van der Waals surface area (Å²) in [6.07, 6.45) is 1.62. The third-order valence-corrected chi connectivity index (χ3v) is 3.86. The van der Waals surface area contributed by atoms with Crippen LogP contribution < -0.4 is 16.0 Å². The molecule has 0 aliphatic carbocycles. The second kappa shape index (κ2) is 11.2. The Hall–Kier alpha value is -1.45. The van der Waals surface area contributed by atoms with Crippen LogP contribution in [0.3, 0.4) is 0 Å². The molecular formula is C16H19Cl2IN4O2. The standard InChI is InChI=1S/C16H18Cl2N4O2.HI/c1-19-16(22-10-12-3-2-8-24-12)21-7-6-20-15(23)11-4-5-13(17)14(18)9-11;/h2-5,8-9H,6-7,10H2,1H3,(H,20,23)(H2,19,21,22);1H. The predicted molar refractivity (Wildman–Crippen MR) is 111 cm³/mol. The van der Waals surface area contributed by atoms with Crippen molar-refractivity contribution in [3.05, 3.63) is 58.0 Å². The summed E-state index contributed by atoms with van der Waals surface area (Å²) in [5, 5.41) is 9.76. The van der Waals surface area contributed by atoms with Gasteiger partial charge in [-0.3, -0.25) is 9.79 Å². The van der Waals surface area contributed by atoms with E-state index in [2.05, 4.69) is 20.9 Å². The maximum absolute atomic E-state index is 12.0. The molecule has 0 saturated heterocycles. The van der Waals surface area contributed by atoms with E-state index in [9.17, 15) is 4.79 Å². The van der Waals surface area contributed by atoms with Gasteiger partial charge in [0.15, 0.2) is 5.96 Å². The van der Waals surface area contributed by atoms with Crippen LogP contribution in [0.25, 0.3) is 0 Å². The Morgan fingerprint density at radius 3 is 2.52 bits per heavy atom. The number of nitrogens with zero attached hydrogens (tertiary/aromatic N) is 1. The molecule has 0 unspecified atom stereocenters. The van der Waals surface area contributed by atoms with Gasteiger partial charge in [-0.2, -0.15) is 0 Å². The Bertz CT molecular complexity index is 708. The fraction of sp³-hybridized carbons (Fsp3) is 0.250. The van der Waals surface area contributed by atoms with Gasteiger partial charge in [-0.25, -0.2) is 0 Å². The van der Waals surface area contributed by atoms with E-state index in [1.54, 1.807) is 25.4 Å². The number of nitrogens with one attached hydrogen (secondary N) is 3. The number of amides is 1. The van der Waals surface area contributed by atoms with Gasteiger partial charge in [-0.1, -0.05) is 23.2 Å². The van der Waals surface area contributed by atoms with Gasteiger partial charge < -0.3 is 20.4 Å². The van der Waals surface area contributed by atoms with Crippen molar-refractivity contribution in [3.8, 4) is 0 Å². The number of halogens is 3. The summed E-state index contributed by atoms with van der Waals surface area (Å²) in [5.41, 5.74) is 0.463. The highest BCUT2D eigenvalue weighted by molar-refractivity contribution is 14.0. The van der Waals surface area contributed by atoms with Crippen molar-refractivity contribution in [2.24, 2.45) is 4.99 Å². The number of hydrogen-bond acceptors (Lipinski definition) is 3. The lowest BCUT2D eigenvalue weighted by atomic mass is 10.2. The SMILES string of the molecule is CN=C(NCCNC(=O)c1ccc(Cl)c(Cl)c1)NCc1ccco1.I. The number of rotatable bonds is 6. The van der Waals surface area contributed by atoms with E-state index in [1.165, 1.54) is 6.07 Å². The number of hydrogen-bond donors (Lipinski definition) is 3. The highest BCUT2D eigenvalue weighted by Gasteiger charge is 2.07. The molecule has 0 aliphatic rings. The molecule has 0 atom stereocenters. The average molecular weight is 497 g/mol. The normalized spacial score (nSPS) is 10.8. The molecule has 2 rings (SSSR count). The second-order valence-electron chi connectivity index (χ2n) is 4.82. The first-order chi connectivity index (χ1) is 11.6. The molecule has 136 valence electrons. The van der Waals surface area contributed by atoms with Gasteiger partial charge in [0, 0.05) is 25.7 Å². The molecule has 1 aromatic carbocycles. The van der Waals surface area contributed by atoms with Gasteiger partial charge in [0.2, 0.25) is 0 Å². The summed E-state index contributed by atoms with van der Waals surface area (Å²) >= 11 is 11.7. The van der Waals surface area contributed by atoms with Gasteiger partial charge in [0.1, 0.15) is 5.76 Å². The van der Waals surface area contributed by atoms with E-state index in [0.29, 0.717) is 41.2 Å². The molecule has 0 aliphatic heterocycles. The third kappa shape index (κ3) is 7.13. The monoisotopic (exact) mass is 496 g/mol. The first kappa shape index (κ1) is 21.6. The zero-order valence-electron chi connectivity index (χ0n) is 13.5. The van der Waals surface area contributed by atoms with E-state index in [4.69, 9.17) is 27.6 Å². The molecule has 0 saturated carbocycles. The Labute approximate surface area is 173 Å². The van der Waals surface area contributed by atoms with E-state index in [0.717, 1.165) is 5.76 Å². The van der Waals surface area contributed by atoms with Crippen LogP contribution in [-0.4, -0.2) is 32.0 Å². The Balaban J connectivity index is 0.00000312. The number of guanidine groups is 1. The van der Waals surface area contributed by atoms with E-state index >= 15 is 0 Å². The van der Waals surface area contributed by atoms with Crippen molar-refractivity contribution in [3.63, 3.8) is 0 Å². The third-order valence-electron chi connectivity index (χ3n) is 3.12. The highest BCUT2D eigenvalue weighted by Crippen LogP contribution is 2.22. The van der Waals surface area contributed by atoms with Crippen LogP contribution in [0.4, 0.5) is 0 Å². The fourth-order valence-corrected chi connectivity index (χ4v) is 2.20. The van der Waals surface area contributed by atoms with Crippen molar-refractivity contribution < 1.29 is 9.21 Å². The minimum atomic E-state index is -0.214. The van der Waals surface area contributed by atoms with Crippen LogP contribution >= 0.6 is 47.2 Å². The lowest BCUT2D eigenvalue weighted by Crippen LogP contribution is -2.41. The Kier molecular flexibility index (Phi) is 9.69. The smallest absolute Gasteiger partial charge is 0.251 e. The van der Waals surface area contributed by atoms with Crippen molar-refractivity contribution >= 4 is 59.0 Å². The van der Waals surface area contributed by atoms with E-state index in [-0.39, 0.29) is 29.9 Å². The number of furan rings is 1. The molecule has 0 bridgehead atoms. The number of carbonyl (C=O) groups excluding carboxylic acids is 1. The van der Waals surface area contributed by atoms with Crippen LogP contribution in [0.15, 0.2) is 46.0 Å². The van der Waals surface area contributed by atoms with Crippen molar-refractivity contribution in [2.45, 2.75) is 6.54 Å². The summed E-state index contributed by atoms with van der Waals surface area (Å²) in [4.78, 5) is 16.1. The second-order valence-corrected chi connectivity index (χ2v) is 5.63. The first-order valence-corrected chi connectivity index (χ1v) is 8.06. The summed E-state index contributed by atoms with van der Waals surface area (Å²) in [6, 6.07) is 8.46. The number of aliphatic imine (C=N–C) groups is 1. The molecule has 6 nitrogen and oxygen atoms in total. The zero-order chi connectivity index (χ0) is 17.4. The van der Waals surface area contributed by atoms with E-state index < -0.39 is 0 Å². The van der Waals surface area contributed by atoms with Crippen LogP contribution in [0.2, 0.25) is 10.0 Å². The van der Waals surface area contributed by atoms with Gasteiger partial charge >= 0.3 is 0 Å². The lowest BCUT2D eigenvalue weighted by Gasteiger charge is -2.11. The molecule has 1 heterocycles. The average Bonchev–Trinajstić information content (AvgIpc) is 3.10. The topological polar surface area (TPSA) is 78.7 Å². The Morgan fingerprint density at radius 2 is 1.88 bits per heavy atom. The first-order valence-electron chi connectivity index (χ1n) is 7.30. The molecule has 1 aromatic heterocycles. The van der Waals surface area contributed by atoms with Crippen molar-refractivity contribution in [1.29, 1.82) is 0 Å². The highest BCUT2D eigenvalue weighted by atomic mass is 127. The minimum Gasteiger partial charge on any atom is -0.467 e.